The summed E-state index contributed by atoms with van der Waals surface area (Å²) in [5.74, 6) is 55.8. The van der Waals surface area contributed by atoms with E-state index < -0.39 is 61.5 Å². The molecule has 6 N–H and O–H groups in total. The lowest BCUT2D eigenvalue weighted by atomic mass is 9.98. The van der Waals surface area contributed by atoms with E-state index in [1.165, 1.54) is 44.9 Å². The third kappa shape index (κ3) is 27.1. The SMILES string of the molecule is C#CC#CC#CC#CC#CC#CC#CC#CC#CC#CC#CC#CCC(=O)N[C@@H](CO[C@H]1OC(CN=[N+]=[N-])[C@H](O)C(O)[C@@H]1O)[C@H](O)[C@H](O)CCCCCCCCCCCCCC. The Labute approximate surface area is 367 Å². The van der Waals surface area contributed by atoms with Gasteiger partial charge in [-0.25, -0.2) is 0 Å². The first-order valence-electron chi connectivity index (χ1n) is 20.2. The number of nitrogens with one attached hydrogen (secondary N) is 1. The van der Waals surface area contributed by atoms with Crippen LogP contribution in [0.15, 0.2) is 5.11 Å². The summed E-state index contributed by atoms with van der Waals surface area (Å²) in [6.07, 6.45) is 8.14. The molecule has 1 amide bonds. The minimum atomic E-state index is -1.71. The van der Waals surface area contributed by atoms with Gasteiger partial charge in [-0.3, -0.25) is 4.79 Å². The van der Waals surface area contributed by atoms with E-state index in [2.05, 4.69) is 158 Å². The van der Waals surface area contributed by atoms with Gasteiger partial charge in [-0.2, -0.15) is 0 Å². The molecule has 0 spiro atoms. The van der Waals surface area contributed by atoms with Crippen molar-refractivity contribution in [2.24, 2.45) is 5.11 Å². The van der Waals surface area contributed by atoms with Gasteiger partial charge in [0.05, 0.1) is 37.8 Å². The minimum Gasteiger partial charge on any atom is -0.390 e. The summed E-state index contributed by atoms with van der Waals surface area (Å²) in [4.78, 5) is 15.5. The number of azide groups is 1. The molecule has 12 heteroatoms. The zero-order valence-corrected chi connectivity index (χ0v) is 34.8. The Balaban J connectivity index is 2.76. The molecular weight excluding hydrogens is 785 g/mol. The molecule has 12 nitrogen and oxygen atoms in total. The van der Waals surface area contributed by atoms with Crippen molar-refractivity contribution in [3.8, 4) is 143 Å². The molecule has 1 fully saturated rings. The van der Waals surface area contributed by atoms with Gasteiger partial charge in [0.2, 0.25) is 5.91 Å². The van der Waals surface area contributed by atoms with Gasteiger partial charge in [0.1, 0.15) is 24.4 Å². The van der Waals surface area contributed by atoms with Crippen LogP contribution in [0.5, 0.6) is 0 Å². The highest BCUT2D eigenvalue weighted by Gasteiger charge is 2.44. The average molecular weight is 835 g/mol. The second kappa shape index (κ2) is 37.2. The summed E-state index contributed by atoms with van der Waals surface area (Å²) < 4.78 is 11.2. The normalized spacial score (nSPS) is 17.5. The Morgan fingerprint density at radius 1 is 0.677 bits per heavy atom. The number of terminal acetylenes is 1. The van der Waals surface area contributed by atoms with Crippen molar-refractivity contribution in [2.75, 3.05) is 13.2 Å². The van der Waals surface area contributed by atoms with Crippen molar-refractivity contribution >= 4 is 5.91 Å². The van der Waals surface area contributed by atoms with Crippen LogP contribution in [0.2, 0.25) is 0 Å². The Bertz CT molecular complexity index is 2250. The van der Waals surface area contributed by atoms with Crippen LogP contribution in [0.3, 0.4) is 0 Å². The van der Waals surface area contributed by atoms with E-state index in [-0.39, 0.29) is 19.4 Å². The Kier molecular flexibility index (Phi) is 32.0. The molecule has 0 aliphatic carbocycles. The largest absolute Gasteiger partial charge is 0.390 e. The zero-order valence-electron chi connectivity index (χ0n) is 34.8. The Morgan fingerprint density at radius 3 is 1.56 bits per heavy atom. The number of ether oxygens (including phenoxy) is 2. The fourth-order valence-electron chi connectivity index (χ4n) is 5.44. The van der Waals surface area contributed by atoms with Crippen LogP contribution in [0.1, 0.15) is 96.8 Å². The lowest BCUT2D eigenvalue weighted by molar-refractivity contribution is -0.296. The van der Waals surface area contributed by atoms with Gasteiger partial charge in [-0.1, -0.05) is 95.0 Å². The molecular formula is C50H50N4O8. The highest BCUT2D eigenvalue weighted by Crippen LogP contribution is 2.23. The number of aliphatic hydroxyl groups is 5. The fourth-order valence-corrected chi connectivity index (χ4v) is 5.44. The highest BCUT2D eigenvalue weighted by molar-refractivity contribution is 5.79. The monoisotopic (exact) mass is 834 g/mol. The number of aliphatic hydroxyl groups excluding tert-OH is 5. The minimum absolute atomic E-state index is 0.265. The van der Waals surface area contributed by atoms with E-state index in [4.69, 9.17) is 21.4 Å². The Morgan fingerprint density at radius 2 is 1.11 bits per heavy atom. The van der Waals surface area contributed by atoms with Gasteiger partial charge in [-0.15, -0.1) is 6.42 Å². The maximum Gasteiger partial charge on any atom is 0.232 e. The number of carbonyl (C=O) groups excluding carboxylic acids is 1. The van der Waals surface area contributed by atoms with E-state index in [0.717, 1.165) is 25.7 Å². The molecule has 1 aliphatic rings. The number of unbranched alkanes of at least 4 members (excludes halogenated alkanes) is 11. The van der Waals surface area contributed by atoms with Gasteiger partial charge >= 0.3 is 0 Å². The van der Waals surface area contributed by atoms with E-state index in [9.17, 15) is 30.3 Å². The quantitative estimate of drug-likeness (QED) is 0.0315. The van der Waals surface area contributed by atoms with Crippen LogP contribution in [-0.2, 0) is 14.3 Å². The van der Waals surface area contributed by atoms with E-state index >= 15 is 0 Å². The van der Waals surface area contributed by atoms with E-state index in [1.54, 1.807) is 0 Å². The standard InChI is InChI=1S/C50H50N4O8/c1-3-5-7-9-11-13-15-17-18-19-20-21-22-23-24-25-26-27-29-31-33-35-37-39-45(56)53-42(41-61-50-49(60)48(59)47(58)44(62-50)40-52-54-51)46(57)43(55)38-36-34-32-30-28-16-14-12-10-8-6-4-2/h1,42-44,46-50,55,57-60H,4,6,8,10,12,14,16,28,30,32,34,36,38-41H2,2H3,(H,53,56)/t42-,43+,44?,46-,47-,48?,49-,50-/m0/s1. The molecule has 1 heterocycles. The maximum absolute atomic E-state index is 12.8. The molecule has 62 heavy (non-hydrogen) atoms. The molecule has 1 saturated heterocycles. The summed E-state index contributed by atoms with van der Waals surface area (Å²) in [6, 6.07) is -1.19. The molecule has 318 valence electrons. The summed E-state index contributed by atoms with van der Waals surface area (Å²) in [5.41, 5.74) is 8.66. The lowest BCUT2D eigenvalue weighted by Gasteiger charge is -2.40. The number of nitrogens with zero attached hydrogens (tertiary/aromatic N) is 3. The maximum atomic E-state index is 12.8. The van der Waals surface area contributed by atoms with Crippen molar-refractivity contribution < 1.29 is 39.8 Å². The van der Waals surface area contributed by atoms with Crippen LogP contribution < -0.4 is 5.32 Å². The molecule has 0 aromatic rings. The van der Waals surface area contributed by atoms with Crippen LogP contribution in [0.4, 0.5) is 0 Å². The summed E-state index contributed by atoms with van der Waals surface area (Å²) in [5, 5.41) is 58.9. The Hall–Kier alpha value is -6.78. The number of hydrogen-bond acceptors (Lipinski definition) is 9. The van der Waals surface area contributed by atoms with Gasteiger partial charge < -0.3 is 40.3 Å². The predicted octanol–water partition coefficient (Wildman–Crippen LogP) is 2.48. The summed E-state index contributed by atoms with van der Waals surface area (Å²) >= 11 is 0. The van der Waals surface area contributed by atoms with Crippen molar-refractivity contribution in [3.05, 3.63) is 10.4 Å². The van der Waals surface area contributed by atoms with Crippen LogP contribution in [-0.4, -0.2) is 93.5 Å². The molecule has 2 unspecified atom stereocenters. The smallest absolute Gasteiger partial charge is 0.232 e. The topological polar surface area (TPSA) is 197 Å². The fraction of sp³-hybridized carbons (Fsp3) is 0.500. The van der Waals surface area contributed by atoms with Gasteiger partial charge in [0.25, 0.3) is 0 Å². The third-order valence-corrected chi connectivity index (χ3v) is 8.60. The second-order valence-electron chi connectivity index (χ2n) is 13.3. The first-order chi connectivity index (χ1) is 30.3. The molecule has 0 radical (unpaired) electrons. The average Bonchev–Trinajstić information content (AvgIpc) is 3.27. The second-order valence-corrected chi connectivity index (χ2v) is 13.3. The molecule has 0 saturated carbocycles. The van der Waals surface area contributed by atoms with Crippen LogP contribution in [0, 0.1) is 143 Å². The van der Waals surface area contributed by atoms with Crippen molar-refractivity contribution in [1.29, 1.82) is 0 Å². The number of amides is 1. The molecule has 0 aromatic heterocycles. The zero-order chi connectivity index (χ0) is 45.3. The van der Waals surface area contributed by atoms with E-state index in [0.29, 0.717) is 6.42 Å². The first-order valence-corrected chi connectivity index (χ1v) is 20.2. The number of rotatable bonds is 22. The van der Waals surface area contributed by atoms with Crippen molar-refractivity contribution in [2.45, 2.75) is 146 Å². The molecule has 8 atom stereocenters. The van der Waals surface area contributed by atoms with E-state index in [1.807, 2.05) is 0 Å². The first kappa shape index (κ1) is 53.2. The summed E-state index contributed by atoms with van der Waals surface area (Å²) in [6.45, 7) is 1.39. The molecule has 0 bridgehead atoms. The van der Waals surface area contributed by atoms with Crippen molar-refractivity contribution in [3.63, 3.8) is 0 Å². The highest BCUT2D eigenvalue weighted by atomic mass is 16.7. The van der Waals surface area contributed by atoms with Gasteiger partial charge in [0.15, 0.2) is 6.29 Å². The molecule has 0 aromatic carbocycles. The number of hydrogen-bond donors (Lipinski definition) is 6. The van der Waals surface area contributed by atoms with Crippen LogP contribution >= 0.6 is 0 Å². The van der Waals surface area contributed by atoms with Gasteiger partial charge in [-0.05, 0) is 107 Å². The van der Waals surface area contributed by atoms with Crippen molar-refractivity contribution in [1.82, 2.24) is 5.32 Å². The predicted molar refractivity (Wildman–Crippen MR) is 235 cm³/mol. The lowest BCUT2D eigenvalue weighted by Crippen LogP contribution is -2.60. The van der Waals surface area contributed by atoms with Crippen LogP contribution in [0.25, 0.3) is 10.4 Å². The summed E-state index contributed by atoms with van der Waals surface area (Å²) in [7, 11) is 0. The number of carbonyl (C=O) groups is 1. The molecule has 1 rings (SSSR count). The third-order valence-electron chi connectivity index (χ3n) is 8.60. The molecule has 1 aliphatic heterocycles. The van der Waals surface area contributed by atoms with Gasteiger partial charge in [0, 0.05) is 40.4 Å².